The highest BCUT2D eigenvalue weighted by Crippen LogP contribution is 2.15. The van der Waals surface area contributed by atoms with E-state index in [2.05, 4.69) is 4.90 Å². The fourth-order valence-electron chi connectivity index (χ4n) is 2.75. The molecule has 1 aromatic rings. The number of carbonyl (C=O) groups is 1. The molecule has 128 valence electrons. The lowest BCUT2D eigenvalue weighted by Crippen LogP contribution is -2.49. The number of nitrogens with zero attached hydrogens (tertiary/aromatic N) is 2. The maximum atomic E-state index is 12.1. The number of ether oxygens (including phenoxy) is 1. The molecule has 1 atom stereocenters. The van der Waals surface area contributed by atoms with E-state index in [1.807, 2.05) is 49.1 Å². The van der Waals surface area contributed by atoms with Crippen LogP contribution in [0.3, 0.4) is 0 Å². The molecule has 1 heterocycles. The first kappa shape index (κ1) is 17.9. The van der Waals surface area contributed by atoms with Gasteiger partial charge in [0.2, 0.25) is 5.91 Å². The lowest BCUT2D eigenvalue weighted by atomic mass is 10.1. The van der Waals surface area contributed by atoms with Crippen LogP contribution in [0.4, 0.5) is 0 Å². The van der Waals surface area contributed by atoms with Crippen LogP contribution in [0, 0.1) is 0 Å². The number of amides is 1. The van der Waals surface area contributed by atoms with Gasteiger partial charge in [-0.3, -0.25) is 9.69 Å². The van der Waals surface area contributed by atoms with Crippen LogP contribution in [0.25, 0.3) is 0 Å². The summed E-state index contributed by atoms with van der Waals surface area (Å²) in [6.45, 7) is 8.11. The highest BCUT2D eigenvalue weighted by Gasteiger charge is 2.22. The normalized spacial score (nSPS) is 17.5. The minimum absolute atomic E-state index is 0.161. The number of rotatable bonds is 7. The van der Waals surface area contributed by atoms with Crippen molar-refractivity contribution in [1.29, 1.82) is 0 Å². The Labute approximate surface area is 138 Å². The Bertz CT molecular complexity index is 470. The van der Waals surface area contributed by atoms with E-state index in [1.54, 1.807) is 0 Å². The van der Waals surface area contributed by atoms with Crippen molar-refractivity contribution in [3.05, 3.63) is 35.9 Å². The molecule has 5 heteroatoms. The first-order valence-electron chi connectivity index (χ1n) is 8.41. The molecule has 1 aliphatic rings. The third kappa shape index (κ3) is 5.94. The van der Waals surface area contributed by atoms with Gasteiger partial charge in [0.1, 0.15) is 0 Å². The van der Waals surface area contributed by atoms with Crippen molar-refractivity contribution >= 4 is 5.91 Å². The molecule has 1 N–H and O–H groups in total. The maximum absolute atomic E-state index is 12.1. The molecule has 23 heavy (non-hydrogen) atoms. The Balaban J connectivity index is 1.70. The summed E-state index contributed by atoms with van der Waals surface area (Å²) in [5, 5.41) is 10.3. The molecular formula is C18H28N2O3. The third-order valence-electron chi connectivity index (χ3n) is 4.11. The van der Waals surface area contributed by atoms with Crippen LogP contribution in [0.1, 0.15) is 31.9 Å². The molecule has 1 aromatic carbocycles. The third-order valence-corrected chi connectivity index (χ3v) is 4.11. The van der Waals surface area contributed by atoms with Crippen molar-refractivity contribution in [3.8, 4) is 0 Å². The van der Waals surface area contributed by atoms with Crippen molar-refractivity contribution in [2.75, 3.05) is 39.3 Å². The lowest BCUT2D eigenvalue weighted by molar-refractivity contribution is -0.134. The van der Waals surface area contributed by atoms with Gasteiger partial charge >= 0.3 is 0 Å². The second-order valence-electron chi connectivity index (χ2n) is 6.28. The zero-order chi connectivity index (χ0) is 16.7. The Morgan fingerprint density at radius 3 is 2.43 bits per heavy atom. The van der Waals surface area contributed by atoms with Crippen LogP contribution in [0.15, 0.2) is 30.3 Å². The highest BCUT2D eigenvalue weighted by molar-refractivity contribution is 5.76. The molecule has 1 saturated heterocycles. The number of piperazine rings is 1. The number of hydrogen-bond donors (Lipinski definition) is 1. The first-order valence-corrected chi connectivity index (χ1v) is 8.41. The summed E-state index contributed by atoms with van der Waals surface area (Å²) in [4.78, 5) is 16.2. The molecule has 0 aliphatic carbocycles. The summed E-state index contributed by atoms with van der Waals surface area (Å²) in [7, 11) is 0. The van der Waals surface area contributed by atoms with Gasteiger partial charge in [0.25, 0.3) is 0 Å². The summed E-state index contributed by atoms with van der Waals surface area (Å²) >= 11 is 0. The monoisotopic (exact) mass is 320 g/mol. The van der Waals surface area contributed by atoms with Gasteiger partial charge in [0.15, 0.2) is 0 Å². The van der Waals surface area contributed by atoms with Crippen molar-refractivity contribution in [2.45, 2.75) is 32.5 Å². The molecule has 0 unspecified atom stereocenters. The van der Waals surface area contributed by atoms with Crippen molar-refractivity contribution < 1.29 is 14.6 Å². The van der Waals surface area contributed by atoms with Gasteiger partial charge in [-0.1, -0.05) is 30.3 Å². The average molecular weight is 320 g/mol. The van der Waals surface area contributed by atoms with Crippen LogP contribution in [0.5, 0.6) is 0 Å². The number of benzene rings is 1. The molecule has 0 radical (unpaired) electrons. The number of β-amino-alcohol motifs (C(OH)–C–C–N with tert-alkyl or cyclic N) is 1. The van der Waals surface area contributed by atoms with Crippen LogP contribution in [-0.4, -0.2) is 66.2 Å². The number of aliphatic hydroxyl groups is 1. The van der Waals surface area contributed by atoms with Crippen molar-refractivity contribution in [2.24, 2.45) is 0 Å². The predicted octanol–water partition coefficient (Wildman–Crippen LogP) is 1.68. The Morgan fingerprint density at radius 1 is 1.17 bits per heavy atom. The zero-order valence-corrected chi connectivity index (χ0v) is 14.1. The lowest BCUT2D eigenvalue weighted by Gasteiger charge is -2.35. The second-order valence-corrected chi connectivity index (χ2v) is 6.28. The second kappa shape index (κ2) is 9.01. The van der Waals surface area contributed by atoms with E-state index in [1.165, 1.54) is 0 Å². The molecular weight excluding hydrogens is 292 g/mol. The molecule has 2 rings (SSSR count). The standard InChI is InChI=1S/C18H28N2O3/c1-15(2)23-13-8-18(22)20-11-9-19(10-12-20)14-17(21)16-6-4-3-5-7-16/h3-7,15,17,21H,8-14H2,1-2H3/t17-/m1/s1. The SMILES string of the molecule is CC(C)OCCC(=O)N1CCN(C[C@@H](O)c2ccccc2)CC1. The zero-order valence-electron chi connectivity index (χ0n) is 14.1. The molecule has 1 fully saturated rings. The molecule has 0 saturated carbocycles. The van der Waals surface area contributed by atoms with E-state index in [0.29, 0.717) is 19.6 Å². The van der Waals surface area contributed by atoms with Gasteiger partial charge in [0.05, 0.1) is 25.2 Å². The molecule has 0 aromatic heterocycles. The largest absolute Gasteiger partial charge is 0.387 e. The molecule has 5 nitrogen and oxygen atoms in total. The maximum Gasteiger partial charge on any atom is 0.224 e. The van der Waals surface area contributed by atoms with Crippen LogP contribution in [-0.2, 0) is 9.53 Å². The molecule has 0 spiro atoms. The Kier molecular flexibility index (Phi) is 7.02. The van der Waals surface area contributed by atoms with Gasteiger partial charge in [-0.05, 0) is 19.4 Å². The molecule has 1 aliphatic heterocycles. The van der Waals surface area contributed by atoms with E-state index in [-0.39, 0.29) is 12.0 Å². The smallest absolute Gasteiger partial charge is 0.224 e. The predicted molar refractivity (Wildman–Crippen MR) is 90.1 cm³/mol. The summed E-state index contributed by atoms with van der Waals surface area (Å²) in [6, 6.07) is 9.71. The van der Waals surface area contributed by atoms with Crippen LogP contribution in [0.2, 0.25) is 0 Å². The number of hydrogen-bond acceptors (Lipinski definition) is 4. The fourth-order valence-corrected chi connectivity index (χ4v) is 2.75. The van der Waals surface area contributed by atoms with Crippen molar-refractivity contribution in [3.63, 3.8) is 0 Å². The average Bonchev–Trinajstić information content (AvgIpc) is 2.56. The van der Waals surface area contributed by atoms with E-state index in [4.69, 9.17) is 4.74 Å². The van der Waals surface area contributed by atoms with Crippen LogP contribution < -0.4 is 0 Å². The summed E-state index contributed by atoms with van der Waals surface area (Å²) < 4.78 is 5.44. The van der Waals surface area contributed by atoms with E-state index >= 15 is 0 Å². The van der Waals surface area contributed by atoms with E-state index in [9.17, 15) is 9.90 Å². The summed E-state index contributed by atoms with van der Waals surface area (Å²) in [5.74, 6) is 0.161. The van der Waals surface area contributed by atoms with Gasteiger partial charge in [0, 0.05) is 32.7 Å². The Hall–Kier alpha value is -1.43. The van der Waals surface area contributed by atoms with Crippen molar-refractivity contribution in [1.82, 2.24) is 9.80 Å². The Morgan fingerprint density at radius 2 is 1.83 bits per heavy atom. The molecule has 1 amide bonds. The van der Waals surface area contributed by atoms with Crippen LogP contribution >= 0.6 is 0 Å². The quantitative estimate of drug-likeness (QED) is 0.830. The number of carbonyl (C=O) groups excluding carboxylic acids is 1. The summed E-state index contributed by atoms with van der Waals surface area (Å²) in [6.07, 6.45) is 0.141. The topological polar surface area (TPSA) is 53.0 Å². The fraction of sp³-hybridized carbons (Fsp3) is 0.611. The highest BCUT2D eigenvalue weighted by atomic mass is 16.5. The minimum atomic E-state index is -0.474. The summed E-state index contributed by atoms with van der Waals surface area (Å²) in [5.41, 5.74) is 0.942. The van der Waals surface area contributed by atoms with Gasteiger partial charge in [-0.25, -0.2) is 0 Å². The first-order chi connectivity index (χ1) is 11.1. The van der Waals surface area contributed by atoms with Gasteiger partial charge < -0.3 is 14.7 Å². The molecule has 0 bridgehead atoms. The minimum Gasteiger partial charge on any atom is -0.387 e. The van der Waals surface area contributed by atoms with Gasteiger partial charge in [-0.15, -0.1) is 0 Å². The van der Waals surface area contributed by atoms with E-state index in [0.717, 1.165) is 31.7 Å². The number of aliphatic hydroxyl groups excluding tert-OH is 1. The van der Waals surface area contributed by atoms with E-state index < -0.39 is 6.10 Å². The van der Waals surface area contributed by atoms with Gasteiger partial charge in [-0.2, -0.15) is 0 Å².